The normalized spacial score (nSPS) is 14.5. The number of carbonyl (C=O) groups excluding carboxylic acids is 2. The van der Waals surface area contributed by atoms with Crippen molar-refractivity contribution in [2.45, 2.75) is 57.8 Å². The number of methoxy groups -OCH3 is 2. The van der Waals surface area contributed by atoms with Crippen molar-refractivity contribution >= 4 is 11.8 Å². The number of amides is 2. The molecule has 11 nitrogen and oxygen atoms in total. The number of benzene rings is 1. The lowest BCUT2D eigenvalue weighted by Crippen LogP contribution is -2.50. The Bertz CT molecular complexity index is 1140. The minimum atomic E-state index is -0.693. The number of hydrogen-bond acceptors (Lipinski definition) is 8. The van der Waals surface area contributed by atoms with Crippen molar-refractivity contribution in [2.24, 2.45) is 0 Å². The average Bonchev–Trinajstić information content (AvgIpc) is 3.65. The van der Waals surface area contributed by atoms with Gasteiger partial charge in [0.05, 0.1) is 27.0 Å². The number of aromatic nitrogens is 4. The molecule has 2 aromatic heterocycles. The first-order chi connectivity index (χ1) is 17.0. The van der Waals surface area contributed by atoms with Crippen LogP contribution in [0.3, 0.4) is 0 Å². The Morgan fingerprint density at radius 3 is 2.66 bits per heavy atom. The van der Waals surface area contributed by atoms with Crippen LogP contribution < -0.4 is 14.8 Å². The summed E-state index contributed by atoms with van der Waals surface area (Å²) < 4.78 is 16.0. The van der Waals surface area contributed by atoms with E-state index in [4.69, 9.17) is 13.9 Å². The van der Waals surface area contributed by atoms with Crippen LogP contribution >= 0.6 is 0 Å². The van der Waals surface area contributed by atoms with Crippen molar-refractivity contribution in [2.75, 3.05) is 14.2 Å². The Morgan fingerprint density at radius 1 is 1.20 bits per heavy atom. The highest BCUT2D eigenvalue weighted by Crippen LogP contribution is 2.30. The fourth-order valence-corrected chi connectivity index (χ4v) is 4.16. The minimum absolute atomic E-state index is 0.155. The van der Waals surface area contributed by atoms with Crippen molar-refractivity contribution in [3.63, 3.8) is 0 Å². The van der Waals surface area contributed by atoms with Gasteiger partial charge in [0.15, 0.2) is 11.5 Å². The van der Waals surface area contributed by atoms with Gasteiger partial charge in [-0.15, -0.1) is 10.2 Å². The van der Waals surface area contributed by atoms with Crippen LogP contribution in [0.4, 0.5) is 0 Å². The number of nitrogens with zero attached hydrogens (tertiary/aromatic N) is 5. The molecule has 0 radical (unpaired) electrons. The third-order valence-corrected chi connectivity index (χ3v) is 6.15. The summed E-state index contributed by atoms with van der Waals surface area (Å²) in [7, 11) is 3.10. The second-order valence-corrected chi connectivity index (χ2v) is 8.48. The molecule has 1 aliphatic carbocycles. The molecule has 1 aliphatic rings. The van der Waals surface area contributed by atoms with Crippen molar-refractivity contribution in [3.8, 4) is 22.9 Å². The predicted molar refractivity (Wildman–Crippen MR) is 125 cm³/mol. The first-order valence-corrected chi connectivity index (χ1v) is 11.6. The van der Waals surface area contributed by atoms with E-state index in [-0.39, 0.29) is 30.9 Å². The molecule has 1 aromatic carbocycles. The van der Waals surface area contributed by atoms with Gasteiger partial charge in [0.1, 0.15) is 18.3 Å². The van der Waals surface area contributed by atoms with Crippen LogP contribution in [-0.4, -0.2) is 63.2 Å². The third-order valence-electron chi connectivity index (χ3n) is 6.15. The Labute approximate surface area is 203 Å². The number of tetrazole rings is 1. The van der Waals surface area contributed by atoms with Gasteiger partial charge in [-0.3, -0.25) is 9.59 Å². The quantitative estimate of drug-likeness (QED) is 0.467. The molecule has 2 heterocycles. The summed E-state index contributed by atoms with van der Waals surface area (Å²) in [6, 6.07) is 8.24. The molecule has 3 aromatic rings. The van der Waals surface area contributed by atoms with Crippen molar-refractivity contribution in [1.29, 1.82) is 0 Å². The SMILES string of the molecule is COc1ccc(-c2nnn(CC(=O)N(Cc3ccco3)C(C)C(=O)NC3CCCC3)n2)cc1OC. The molecule has 1 unspecified atom stereocenters. The Hall–Kier alpha value is -3.89. The molecule has 1 fully saturated rings. The van der Waals surface area contributed by atoms with E-state index in [1.807, 2.05) is 0 Å². The van der Waals surface area contributed by atoms with Gasteiger partial charge in [-0.25, -0.2) is 0 Å². The smallest absolute Gasteiger partial charge is 0.247 e. The van der Waals surface area contributed by atoms with Crippen LogP contribution in [0.15, 0.2) is 41.0 Å². The number of nitrogens with one attached hydrogen (secondary N) is 1. The van der Waals surface area contributed by atoms with Crippen molar-refractivity contribution < 1.29 is 23.5 Å². The molecular formula is C24H30N6O5. The summed E-state index contributed by atoms with van der Waals surface area (Å²) in [5.74, 6) is 1.52. The Kier molecular flexibility index (Phi) is 7.64. The van der Waals surface area contributed by atoms with E-state index in [2.05, 4.69) is 20.7 Å². The molecule has 1 saturated carbocycles. The van der Waals surface area contributed by atoms with E-state index in [0.29, 0.717) is 28.6 Å². The summed E-state index contributed by atoms with van der Waals surface area (Å²) in [5.41, 5.74) is 0.665. The Balaban J connectivity index is 1.48. The summed E-state index contributed by atoms with van der Waals surface area (Å²) in [6.45, 7) is 1.69. The molecular weight excluding hydrogens is 452 g/mol. The molecule has 0 spiro atoms. The van der Waals surface area contributed by atoms with E-state index in [0.717, 1.165) is 25.7 Å². The second kappa shape index (κ2) is 11.0. The van der Waals surface area contributed by atoms with Gasteiger partial charge in [0, 0.05) is 11.6 Å². The number of ether oxygens (including phenoxy) is 2. The lowest BCUT2D eigenvalue weighted by atomic mass is 10.2. The van der Waals surface area contributed by atoms with Gasteiger partial charge < -0.3 is 24.1 Å². The first-order valence-electron chi connectivity index (χ1n) is 11.6. The number of furan rings is 1. The van der Waals surface area contributed by atoms with E-state index < -0.39 is 6.04 Å². The van der Waals surface area contributed by atoms with Crippen LogP contribution in [0.5, 0.6) is 11.5 Å². The third kappa shape index (κ3) is 5.79. The largest absolute Gasteiger partial charge is 0.493 e. The van der Waals surface area contributed by atoms with Crippen LogP contribution in [0.25, 0.3) is 11.4 Å². The molecule has 4 rings (SSSR count). The number of hydrogen-bond donors (Lipinski definition) is 1. The highest BCUT2D eigenvalue weighted by Gasteiger charge is 2.29. The van der Waals surface area contributed by atoms with Crippen LogP contribution in [0.2, 0.25) is 0 Å². The molecule has 186 valence electrons. The van der Waals surface area contributed by atoms with Crippen LogP contribution in [-0.2, 0) is 22.7 Å². The lowest BCUT2D eigenvalue weighted by Gasteiger charge is -2.28. The first kappa shape index (κ1) is 24.2. The van der Waals surface area contributed by atoms with Crippen LogP contribution in [0, 0.1) is 0 Å². The molecule has 0 aliphatic heterocycles. The van der Waals surface area contributed by atoms with Crippen LogP contribution in [0.1, 0.15) is 38.4 Å². The van der Waals surface area contributed by atoms with Gasteiger partial charge in [0.2, 0.25) is 17.6 Å². The molecule has 35 heavy (non-hydrogen) atoms. The standard InChI is InChI=1S/C24H30N6O5/c1-16(24(32)25-18-7-4-5-8-18)29(14-19-9-6-12-35-19)22(31)15-30-27-23(26-28-30)17-10-11-20(33-2)21(13-17)34-3/h6,9-13,16,18H,4-5,7-8,14-15H2,1-3H3,(H,25,32). The monoisotopic (exact) mass is 482 g/mol. The van der Waals surface area contributed by atoms with E-state index >= 15 is 0 Å². The molecule has 11 heteroatoms. The lowest BCUT2D eigenvalue weighted by molar-refractivity contribution is -0.142. The summed E-state index contributed by atoms with van der Waals surface area (Å²) in [6.07, 6.45) is 5.68. The molecule has 0 bridgehead atoms. The maximum atomic E-state index is 13.3. The van der Waals surface area contributed by atoms with Crippen molar-refractivity contribution in [3.05, 3.63) is 42.4 Å². The van der Waals surface area contributed by atoms with Gasteiger partial charge in [-0.05, 0) is 55.3 Å². The molecule has 2 amide bonds. The zero-order chi connectivity index (χ0) is 24.8. The van der Waals surface area contributed by atoms with Gasteiger partial charge >= 0.3 is 0 Å². The van der Waals surface area contributed by atoms with Crippen molar-refractivity contribution in [1.82, 2.24) is 30.4 Å². The molecule has 1 N–H and O–H groups in total. The van der Waals surface area contributed by atoms with Gasteiger partial charge in [-0.1, -0.05) is 12.8 Å². The Morgan fingerprint density at radius 2 is 1.97 bits per heavy atom. The average molecular weight is 483 g/mol. The van der Waals surface area contributed by atoms with E-state index in [1.165, 1.54) is 16.0 Å². The fraction of sp³-hybridized carbons (Fsp3) is 0.458. The highest BCUT2D eigenvalue weighted by molar-refractivity contribution is 5.87. The van der Waals surface area contributed by atoms with Gasteiger partial charge in [0.25, 0.3) is 0 Å². The molecule has 1 atom stereocenters. The highest BCUT2D eigenvalue weighted by atomic mass is 16.5. The number of rotatable bonds is 10. The summed E-state index contributed by atoms with van der Waals surface area (Å²) in [5, 5.41) is 15.5. The summed E-state index contributed by atoms with van der Waals surface area (Å²) >= 11 is 0. The second-order valence-electron chi connectivity index (χ2n) is 8.48. The van der Waals surface area contributed by atoms with E-state index in [9.17, 15) is 9.59 Å². The fourth-order valence-electron chi connectivity index (χ4n) is 4.16. The number of carbonyl (C=O) groups is 2. The minimum Gasteiger partial charge on any atom is -0.493 e. The topological polar surface area (TPSA) is 125 Å². The summed E-state index contributed by atoms with van der Waals surface area (Å²) in [4.78, 5) is 28.9. The zero-order valence-electron chi connectivity index (χ0n) is 20.1. The maximum Gasteiger partial charge on any atom is 0.247 e. The van der Waals surface area contributed by atoms with Gasteiger partial charge in [-0.2, -0.15) is 4.80 Å². The van der Waals surface area contributed by atoms with E-state index in [1.54, 1.807) is 51.5 Å². The zero-order valence-corrected chi connectivity index (χ0v) is 20.1. The maximum absolute atomic E-state index is 13.3. The predicted octanol–water partition coefficient (Wildman–Crippen LogP) is 2.43. The molecule has 0 saturated heterocycles.